The number of nitrogens with one attached hydrogen (secondary N) is 1. The summed E-state index contributed by atoms with van der Waals surface area (Å²) in [6, 6.07) is 2.90. The predicted molar refractivity (Wildman–Crippen MR) is 47.2 cm³/mol. The summed E-state index contributed by atoms with van der Waals surface area (Å²) in [5, 5.41) is 10.6. The van der Waals surface area contributed by atoms with E-state index >= 15 is 0 Å². The van der Waals surface area contributed by atoms with Crippen LogP contribution in [0.5, 0.6) is 0 Å². The molecule has 0 bridgehead atoms. The lowest BCUT2D eigenvalue weighted by Crippen LogP contribution is -1.92. The Morgan fingerprint density at radius 3 is 3.00 bits per heavy atom. The summed E-state index contributed by atoms with van der Waals surface area (Å²) in [4.78, 5) is 16.6. The van der Waals surface area contributed by atoms with Crippen LogP contribution in [0.25, 0.3) is 11.0 Å². The zero-order valence-corrected chi connectivity index (χ0v) is 6.52. The molecule has 3 N–H and O–H groups in total. The van der Waals surface area contributed by atoms with Gasteiger partial charge in [0.15, 0.2) is 5.52 Å². The van der Waals surface area contributed by atoms with Gasteiger partial charge in [-0.1, -0.05) is 0 Å². The average molecular weight is 178 g/mol. The lowest BCUT2D eigenvalue weighted by molar-refractivity contribution is -0.383. The average Bonchev–Trinajstić information content (AvgIpc) is 2.49. The molecular formula is C7H6N4O2. The first-order valence-electron chi connectivity index (χ1n) is 3.55. The standard InChI is InChI=1S/C7H6N4O2/c8-4-1-5-7(10-3-9-5)6(2-4)11(12)13/h1-3H,8H2,(H,9,10). The van der Waals surface area contributed by atoms with Gasteiger partial charge in [0, 0.05) is 11.8 Å². The van der Waals surface area contributed by atoms with Crippen molar-refractivity contribution < 1.29 is 4.92 Å². The van der Waals surface area contributed by atoms with Crippen molar-refractivity contribution in [2.24, 2.45) is 0 Å². The summed E-state index contributed by atoms with van der Waals surface area (Å²) in [7, 11) is 0. The minimum atomic E-state index is -0.500. The van der Waals surface area contributed by atoms with Gasteiger partial charge in [-0.15, -0.1) is 0 Å². The van der Waals surface area contributed by atoms with Gasteiger partial charge in [0.1, 0.15) is 0 Å². The predicted octanol–water partition coefficient (Wildman–Crippen LogP) is 1.05. The highest BCUT2D eigenvalue weighted by Crippen LogP contribution is 2.25. The maximum atomic E-state index is 10.6. The molecule has 0 spiro atoms. The highest BCUT2D eigenvalue weighted by Gasteiger charge is 2.14. The number of aromatic amines is 1. The maximum absolute atomic E-state index is 10.6. The van der Waals surface area contributed by atoms with E-state index in [4.69, 9.17) is 5.73 Å². The lowest BCUT2D eigenvalue weighted by Gasteiger charge is -1.94. The molecule has 0 aliphatic heterocycles. The van der Waals surface area contributed by atoms with Crippen molar-refractivity contribution in [1.29, 1.82) is 0 Å². The lowest BCUT2D eigenvalue weighted by atomic mass is 10.2. The molecule has 0 unspecified atom stereocenters. The second kappa shape index (κ2) is 2.44. The summed E-state index contributed by atoms with van der Waals surface area (Å²) >= 11 is 0. The molecule has 1 aromatic carbocycles. The van der Waals surface area contributed by atoms with E-state index in [1.165, 1.54) is 12.4 Å². The highest BCUT2D eigenvalue weighted by atomic mass is 16.6. The number of non-ortho nitro benzene ring substituents is 1. The molecule has 0 amide bonds. The van der Waals surface area contributed by atoms with Gasteiger partial charge in [-0.25, -0.2) is 4.98 Å². The van der Waals surface area contributed by atoms with Gasteiger partial charge in [-0.05, 0) is 6.07 Å². The Balaban J connectivity index is 2.84. The molecule has 0 aliphatic rings. The van der Waals surface area contributed by atoms with Crippen LogP contribution in [0.1, 0.15) is 0 Å². The first-order chi connectivity index (χ1) is 6.18. The van der Waals surface area contributed by atoms with E-state index in [9.17, 15) is 10.1 Å². The molecule has 6 nitrogen and oxygen atoms in total. The van der Waals surface area contributed by atoms with E-state index in [1.807, 2.05) is 0 Å². The van der Waals surface area contributed by atoms with Crippen molar-refractivity contribution in [2.45, 2.75) is 0 Å². The number of rotatable bonds is 1. The number of nitrogens with two attached hydrogens (primary N) is 1. The third-order valence-corrected chi connectivity index (χ3v) is 1.72. The number of imidazole rings is 1. The number of nitro benzene ring substituents is 1. The molecule has 2 aromatic rings. The molecule has 0 radical (unpaired) electrons. The Bertz CT molecular complexity index is 476. The summed E-state index contributed by atoms with van der Waals surface area (Å²) in [5.74, 6) is 0. The largest absolute Gasteiger partial charge is 0.398 e. The number of hydrogen-bond acceptors (Lipinski definition) is 4. The Morgan fingerprint density at radius 2 is 2.31 bits per heavy atom. The molecule has 0 aliphatic carbocycles. The molecule has 0 atom stereocenters. The number of nitrogens with zero attached hydrogens (tertiary/aromatic N) is 2. The van der Waals surface area contributed by atoms with Crippen LogP contribution in [0.2, 0.25) is 0 Å². The summed E-state index contributed by atoms with van der Waals surface area (Å²) in [6.07, 6.45) is 1.40. The number of benzene rings is 1. The second-order valence-corrected chi connectivity index (χ2v) is 2.60. The molecular weight excluding hydrogens is 172 g/mol. The van der Waals surface area contributed by atoms with Gasteiger partial charge in [0.05, 0.1) is 16.8 Å². The monoisotopic (exact) mass is 178 g/mol. The summed E-state index contributed by atoms with van der Waals surface area (Å²) in [6.45, 7) is 0. The minimum Gasteiger partial charge on any atom is -0.398 e. The van der Waals surface area contributed by atoms with Gasteiger partial charge in [0.2, 0.25) is 0 Å². The number of aromatic nitrogens is 2. The van der Waals surface area contributed by atoms with Crippen LogP contribution in [-0.4, -0.2) is 14.9 Å². The van der Waals surface area contributed by atoms with E-state index in [-0.39, 0.29) is 5.69 Å². The second-order valence-electron chi connectivity index (χ2n) is 2.60. The molecule has 1 heterocycles. The fourth-order valence-electron chi connectivity index (χ4n) is 1.19. The SMILES string of the molecule is Nc1cc([N+](=O)[O-])c2nc[nH]c2c1. The fourth-order valence-corrected chi connectivity index (χ4v) is 1.19. The smallest absolute Gasteiger partial charge is 0.299 e. The van der Waals surface area contributed by atoms with Crippen LogP contribution < -0.4 is 5.73 Å². The van der Waals surface area contributed by atoms with Crippen molar-refractivity contribution in [3.63, 3.8) is 0 Å². The first kappa shape index (κ1) is 7.53. The normalized spacial score (nSPS) is 10.5. The Kier molecular flexibility index (Phi) is 1.42. The van der Waals surface area contributed by atoms with E-state index in [1.54, 1.807) is 6.07 Å². The number of nitro groups is 1. The highest BCUT2D eigenvalue weighted by molar-refractivity contribution is 5.87. The Labute approximate surface area is 72.5 Å². The molecule has 13 heavy (non-hydrogen) atoms. The molecule has 0 saturated carbocycles. The molecule has 0 fully saturated rings. The van der Waals surface area contributed by atoms with Crippen molar-refractivity contribution in [2.75, 3.05) is 5.73 Å². The zero-order chi connectivity index (χ0) is 9.42. The molecule has 0 saturated heterocycles. The Morgan fingerprint density at radius 1 is 1.54 bits per heavy atom. The van der Waals surface area contributed by atoms with Gasteiger partial charge < -0.3 is 10.7 Å². The number of hydrogen-bond donors (Lipinski definition) is 2. The zero-order valence-electron chi connectivity index (χ0n) is 6.52. The van der Waals surface area contributed by atoms with Gasteiger partial charge in [0.25, 0.3) is 5.69 Å². The van der Waals surface area contributed by atoms with Crippen LogP contribution in [0, 0.1) is 10.1 Å². The molecule has 66 valence electrons. The van der Waals surface area contributed by atoms with Gasteiger partial charge in [-0.2, -0.15) is 0 Å². The summed E-state index contributed by atoms with van der Waals surface area (Å²) in [5.41, 5.74) is 6.66. The molecule has 2 rings (SSSR count). The van der Waals surface area contributed by atoms with Crippen molar-refractivity contribution in [1.82, 2.24) is 9.97 Å². The van der Waals surface area contributed by atoms with Gasteiger partial charge in [-0.3, -0.25) is 10.1 Å². The quantitative estimate of drug-likeness (QED) is 0.387. The van der Waals surface area contributed by atoms with Crippen LogP contribution in [0.3, 0.4) is 0 Å². The third-order valence-electron chi connectivity index (χ3n) is 1.72. The number of H-pyrrole nitrogens is 1. The number of anilines is 1. The first-order valence-corrected chi connectivity index (χ1v) is 3.55. The summed E-state index contributed by atoms with van der Waals surface area (Å²) < 4.78 is 0. The third kappa shape index (κ3) is 1.08. The van der Waals surface area contributed by atoms with E-state index < -0.39 is 4.92 Å². The van der Waals surface area contributed by atoms with E-state index in [2.05, 4.69) is 9.97 Å². The van der Waals surface area contributed by atoms with Crippen LogP contribution >= 0.6 is 0 Å². The Hall–Kier alpha value is -2.11. The van der Waals surface area contributed by atoms with Crippen molar-refractivity contribution >= 4 is 22.4 Å². The van der Waals surface area contributed by atoms with E-state index in [0.717, 1.165) is 0 Å². The fraction of sp³-hybridized carbons (Fsp3) is 0. The van der Waals surface area contributed by atoms with Gasteiger partial charge >= 0.3 is 0 Å². The number of fused-ring (bicyclic) bond motifs is 1. The number of nitrogen functional groups attached to an aromatic ring is 1. The minimum absolute atomic E-state index is 0.0729. The van der Waals surface area contributed by atoms with Crippen molar-refractivity contribution in [3.8, 4) is 0 Å². The van der Waals surface area contributed by atoms with Crippen LogP contribution in [0.4, 0.5) is 11.4 Å². The van der Waals surface area contributed by atoms with Crippen LogP contribution in [0.15, 0.2) is 18.5 Å². The topological polar surface area (TPSA) is 97.8 Å². The van der Waals surface area contributed by atoms with Crippen molar-refractivity contribution in [3.05, 3.63) is 28.6 Å². The van der Waals surface area contributed by atoms with Crippen LogP contribution in [-0.2, 0) is 0 Å². The van der Waals surface area contributed by atoms with E-state index in [0.29, 0.717) is 16.7 Å². The molecule has 6 heteroatoms. The maximum Gasteiger partial charge on any atom is 0.299 e. The molecule has 1 aromatic heterocycles.